The molecule has 0 aliphatic heterocycles. The Morgan fingerprint density at radius 3 is 2.52 bits per heavy atom. The molecule has 6 heteroatoms. The molecule has 0 aliphatic rings. The number of carbonyl (C=O) groups excluding carboxylic acids is 2. The van der Waals surface area contributed by atoms with Crippen LogP contribution in [0.25, 0.3) is 6.08 Å². The third kappa shape index (κ3) is 6.38. The largest absolute Gasteiger partial charge is 0.493 e. The highest BCUT2D eigenvalue weighted by Crippen LogP contribution is 2.28. The van der Waals surface area contributed by atoms with E-state index in [9.17, 15) is 9.59 Å². The van der Waals surface area contributed by atoms with Gasteiger partial charge in [0.2, 0.25) is 0 Å². The average molecular weight is 397 g/mol. The summed E-state index contributed by atoms with van der Waals surface area (Å²) in [6.07, 6.45) is 1.94. The molecule has 29 heavy (non-hydrogen) atoms. The second kappa shape index (κ2) is 10.3. The molecule has 0 radical (unpaired) electrons. The van der Waals surface area contributed by atoms with Gasteiger partial charge in [0.15, 0.2) is 17.6 Å². The first-order chi connectivity index (χ1) is 13.8. The number of methoxy groups -OCH3 is 1. The second-order valence-corrected chi connectivity index (χ2v) is 6.56. The lowest BCUT2D eigenvalue weighted by Gasteiger charge is -2.14. The van der Waals surface area contributed by atoms with Crippen molar-refractivity contribution < 1.29 is 23.8 Å². The topological polar surface area (TPSA) is 73.9 Å². The standard InChI is InChI=1S/C23H27NO5/c1-6-28-20-11-8-18(14-21(20)27-5)9-12-22(25)29-17(4)23(26)24-19-10-7-15(2)13-16(19)3/h7-14,17H,6H2,1-5H3,(H,24,26)/b12-9+/t17-/m1/s1. The van der Waals surface area contributed by atoms with Crippen LogP contribution in [0.2, 0.25) is 0 Å². The highest BCUT2D eigenvalue weighted by Gasteiger charge is 2.17. The first-order valence-corrected chi connectivity index (χ1v) is 9.41. The van der Waals surface area contributed by atoms with Gasteiger partial charge in [0.05, 0.1) is 13.7 Å². The molecule has 2 aromatic rings. The van der Waals surface area contributed by atoms with E-state index in [-0.39, 0.29) is 5.91 Å². The normalized spacial score (nSPS) is 11.8. The van der Waals surface area contributed by atoms with Gasteiger partial charge in [-0.15, -0.1) is 0 Å². The number of nitrogens with one attached hydrogen (secondary N) is 1. The molecule has 0 bridgehead atoms. The summed E-state index contributed by atoms with van der Waals surface area (Å²) in [4.78, 5) is 24.4. The number of rotatable bonds is 8. The lowest BCUT2D eigenvalue weighted by Crippen LogP contribution is -2.29. The van der Waals surface area contributed by atoms with Gasteiger partial charge in [-0.2, -0.15) is 0 Å². The minimum Gasteiger partial charge on any atom is -0.493 e. The van der Waals surface area contributed by atoms with Crippen molar-refractivity contribution in [2.75, 3.05) is 19.0 Å². The lowest BCUT2D eigenvalue weighted by atomic mass is 10.1. The highest BCUT2D eigenvalue weighted by molar-refractivity contribution is 5.97. The van der Waals surface area contributed by atoms with Gasteiger partial charge in [0, 0.05) is 11.8 Å². The van der Waals surface area contributed by atoms with Crippen molar-refractivity contribution in [2.45, 2.75) is 33.8 Å². The summed E-state index contributed by atoms with van der Waals surface area (Å²) in [5.41, 5.74) is 3.49. The van der Waals surface area contributed by atoms with Gasteiger partial charge in [-0.25, -0.2) is 4.79 Å². The van der Waals surface area contributed by atoms with Crippen LogP contribution in [0.1, 0.15) is 30.5 Å². The van der Waals surface area contributed by atoms with Crippen LogP contribution in [0.3, 0.4) is 0 Å². The van der Waals surface area contributed by atoms with E-state index in [0.717, 1.165) is 16.7 Å². The van der Waals surface area contributed by atoms with E-state index in [1.165, 1.54) is 13.0 Å². The quantitative estimate of drug-likeness (QED) is 0.531. The van der Waals surface area contributed by atoms with Gasteiger partial charge in [-0.05, 0) is 63.1 Å². The van der Waals surface area contributed by atoms with E-state index in [4.69, 9.17) is 14.2 Å². The molecule has 0 aromatic heterocycles. The van der Waals surface area contributed by atoms with E-state index in [1.54, 1.807) is 31.4 Å². The molecule has 1 amide bonds. The molecular formula is C23H27NO5. The summed E-state index contributed by atoms with van der Waals surface area (Å²) in [7, 11) is 1.55. The first-order valence-electron chi connectivity index (χ1n) is 9.41. The van der Waals surface area contributed by atoms with E-state index in [2.05, 4.69) is 5.32 Å². The fourth-order valence-corrected chi connectivity index (χ4v) is 2.68. The van der Waals surface area contributed by atoms with Crippen molar-refractivity contribution >= 4 is 23.6 Å². The average Bonchev–Trinajstić information content (AvgIpc) is 2.69. The summed E-state index contributed by atoms with van der Waals surface area (Å²) >= 11 is 0. The number of anilines is 1. The van der Waals surface area contributed by atoms with Crippen LogP contribution >= 0.6 is 0 Å². The van der Waals surface area contributed by atoms with Crippen LogP contribution in [0.15, 0.2) is 42.5 Å². The minimum atomic E-state index is -0.928. The molecule has 0 spiro atoms. The Kier molecular flexibility index (Phi) is 7.83. The zero-order valence-electron chi connectivity index (χ0n) is 17.4. The van der Waals surface area contributed by atoms with Gasteiger partial charge >= 0.3 is 5.97 Å². The molecule has 154 valence electrons. The molecule has 2 aromatic carbocycles. The maximum Gasteiger partial charge on any atom is 0.331 e. The van der Waals surface area contributed by atoms with Crippen LogP contribution in [0, 0.1) is 13.8 Å². The van der Waals surface area contributed by atoms with Crippen molar-refractivity contribution in [3.05, 3.63) is 59.2 Å². The number of amides is 1. The SMILES string of the molecule is CCOc1ccc(/C=C/C(=O)O[C@H](C)C(=O)Nc2ccc(C)cc2C)cc1OC. The second-order valence-electron chi connectivity index (χ2n) is 6.56. The number of hydrogen-bond acceptors (Lipinski definition) is 5. The van der Waals surface area contributed by atoms with Gasteiger partial charge in [-0.1, -0.05) is 23.8 Å². The van der Waals surface area contributed by atoms with E-state index >= 15 is 0 Å². The van der Waals surface area contributed by atoms with E-state index < -0.39 is 12.1 Å². The van der Waals surface area contributed by atoms with Crippen molar-refractivity contribution in [3.63, 3.8) is 0 Å². The summed E-state index contributed by atoms with van der Waals surface area (Å²) < 4.78 is 15.9. The maximum absolute atomic E-state index is 12.3. The van der Waals surface area contributed by atoms with Crippen molar-refractivity contribution in [2.24, 2.45) is 0 Å². The summed E-state index contributed by atoms with van der Waals surface area (Å²) in [5, 5.41) is 2.78. The smallest absolute Gasteiger partial charge is 0.331 e. The van der Waals surface area contributed by atoms with Crippen molar-refractivity contribution in [3.8, 4) is 11.5 Å². The summed E-state index contributed by atoms with van der Waals surface area (Å²) in [6, 6.07) is 11.0. The number of ether oxygens (including phenoxy) is 3. The maximum atomic E-state index is 12.3. The molecule has 0 saturated carbocycles. The first kappa shape index (κ1) is 22.0. The fourth-order valence-electron chi connectivity index (χ4n) is 2.68. The molecule has 1 atom stereocenters. The van der Waals surface area contributed by atoms with Gasteiger partial charge in [-0.3, -0.25) is 4.79 Å². The zero-order valence-corrected chi connectivity index (χ0v) is 17.4. The fraction of sp³-hybridized carbons (Fsp3) is 0.304. The Hall–Kier alpha value is -3.28. The molecular weight excluding hydrogens is 370 g/mol. The summed E-state index contributed by atoms with van der Waals surface area (Å²) in [6.45, 7) is 7.84. The van der Waals surface area contributed by atoms with Crippen molar-refractivity contribution in [1.82, 2.24) is 0 Å². The molecule has 0 heterocycles. The minimum absolute atomic E-state index is 0.388. The predicted molar refractivity (Wildman–Crippen MR) is 113 cm³/mol. The third-order valence-electron chi connectivity index (χ3n) is 4.20. The molecule has 2 rings (SSSR count). The Bertz CT molecular complexity index is 904. The Balaban J connectivity index is 1.96. The number of benzene rings is 2. The number of aryl methyl sites for hydroxylation is 2. The predicted octanol–water partition coefficient (Wildman–Crippen LogP) is 4.29. The lowest BCUT2D eigenvalue weighted by molar-refractivity contribution is -0.148. The monoisotopic (exact) mass is 397 g/mol. The Morgan fingerprint density at radius 2 is 1.86 bits per heavy atom. The summed E-state index contributed by atoms with van der Waals surface area (Å²) in [5.74, 6) is 0.206. The van der Waals surface area contributed by atoms with Crippen LogP contribution in [0.4, 0.5) is 5.69 Å². The molecule has 0 fully saturated rings. The Morgan fingerprint density at radius 1 is 1.10 bits per heavy atom. The molecule has 0 unspecified atom stereocenters. The number of carbonyl (C=O) groups is 2. The van der Waals surface area contributed by atoms with E-state index in [1.807, 2.05) is 39.0 Å². The molecule has 1 N–H and O–H groups in total. The zero-order chi connectivity index (χ0) is 21.4. The number of esters is 1. The van der Waals surface area contributed by atoms with Gasteiger partial charge < -0.3 is 19.5 Å². The van der Waals surface area contributed by atoms with Gasteiger partial charge in [0.25, 0.3) is 5.91 Å². The van der Waals surface area contributed by atoms with Crippen LogP contribution in [-0.2, 0) is 14.3 Å². The highest BCUT2D eigenvalue weighted by atomic mass is 16.5. The van der Waals surface area contributed by atoms with Crippen LogP contribution in [-0.4, -0.2) is 31.7 Å². The Labute approximate surface area is 171 Å². The third-order valence-corrected chi connectivity index (χ3v) is 4.20. The van der Waals surface area contributed by atoms with E-state index in [0.29, 0.717) is 23.8 Å². The van der Waals surface area contributed by atoms with Crippen LogP contribution < -0.4 is 14.8 Å². The van der Waals surface area contributed by atoms with Crippen molar-refractivity contribution in [1.29, 1.82) is 0 Å². The molecule has 6 nitrogen and oxygen atoms in total. The van der Waals surface area contributed by atoms with Gasteiger partial charge in [0.1, 0.15) is 0 Å². The molecule has 0 saturated heterocycles. The molecule has 0 aliphatic carbocycles. The van der Waals surface area contributed by atoms with Crippen LogP contribution in [0.5, 0.6) is 11.5 Å². The number of hydrogen-bond donors (Lipinski definition) is 1.